The molecule has 0 heterocycles. The average molecular weight is 285 g/mol. The zero-order valence-electron chi connectivity index (χ0n) is 11.2. The fourth-order valence-corrected chi connectivity index (χ4v) is 2.95. The first-order valence-corrected chi connectivity index (χ1v) is 7.49. The molecule has 0 amide bonds. The molecule has 4 heteroatoms. The first kappa shape index (κ1) is 14.8. The SMILES string of the molecule is NCC(NC1CCCCCC1)c1ccc(F)c(Cl)c1. The maximum atomic E-state index is 13.2. The van der Waals surface area contributed by atoms with Gasteiger partial charge in [0.25, 0.3) is 0 Å². The number of hydrogen-bond donors (Lipinski definition) is 2. The fourth-order valence-electron chi connectivity index (χ4n) is 2.76. The van der Waals surface area contributed by atoms with E-state index in [1.807, 2.05) is 0 Å². The van der Waals surface area contributed by atoms with E-state index >= 15 is 0 Å². The van der Waals surface area contributed by atoms with Gasteiger partial charge in [-0.3, -0.25) is 0 Å². The van der Waals surface area contributed by atoms with Gasteiger partial charge in [-0.2, -0.15) is 0 Å². The van der Waals surface area contributed by atoms with Gasteiger partial charge in [0.2, 0.25) is 0 Å². The Kier molecular flexibility index (Phi) is 5.61. The van der Waals surface area contributed by atoms with Crippen molar-refractivity contribution in [2.24, 2.45) is 5.73 Å². The molecule has 0 radical (unpaired) electrons. The minimum atomic E-state index is -0.379. The molecular weight excluding hydrogens is 263 g/mol. The van der Waals surface area contributed by atoms with E-state index in [0.29, 0.717) is 12.6 Å². The molecule has 3 N–H and O–H groups in total. The number of hydrogen-bond acceptors (Lipinski definition) is 2. The predicted octanol–water partition coefficient (Wildman–Crippen LogP) is 3.79. The van der Waals surface area contributed by atoms with Gasteiger partial charge in [-0.05, 0) is 30.5 Å². The predicted molar refractivity (Wildman–Crippen MR) is 77.8 cm³/mol. The Bertz CT molecular complexity index is 403. The lowest BCUT2D eigenvalue weighted by atomic mass is 10.0. The molecule has 0 aliphatic heterocycles. The summed E-state index contributed by atoms with van der Waals surface area (Å²) in [6.07, 6.45) is 7.61. The number of nitrogens with one attached hydrogen (secondary N) is 1. The molecule has 19 heavy (non-hydrogen) atoms. The molecule has 1 fully saturated rings. The summed E-state index contributed by atoms with van der Waals surface area (Å²) in [6, 6.07) is 5.43. The summed E-state index contributed by atoms with van der Waals surface area (Å²) >= 11 is 5.84. The highest BCUT2D eigenvalue weighted by molar-refractivity contribution is 6.30. The maximum Gasteiger partial charge on any atom is 0.141 e. The molecule has 2 rings (SSSR count). The maximum absolute atomic E-state index is 13.2. The summed E-state index contributed by atoms with van der Waals surface area (Å²) in [6.45, 7) is 0.498. The number of halogens is 2. The lowest BCUT2D eigenvalue weighted by Gasteiger charge is -2.24. The summed E-state index contributed by atoms with van der Waals surface area (Å²) in [4.78, 5) is 0. The van der Waals surface area contributed by atoms with E-state index in [9.17, 15) is 4.39 Å². The fraction of sp³-hybridized carbons (Fsp3) is 0.600. The highest BCUT2D eigenvalue weighted by atomic mass is 35.5. The van der Waals surface area contributed by atoms with E-state index in [1.165, 1.54) is 44.6 Å². The van der Waals surface area contributed by atoms with Crippen LogP contribution in [0.1, 0.15) is 50.1 Å². The molecule has 1 aromatic rings. The number of nitrogens with two attached hydrogens (primary N) is 1. The molecular formula is C15H22ClFN2. The van der Waals surface area contributed by atoms with Crippen LogP contribution in [0.25, 0.3) is 0 Å². The van der Waals surface area contributed by atoms with Crippen molar-refractivity contribution in [1.29, 1.82) is 0 Å². The van der Waals surface area contributed by atoms with Crippen LogP contribution in [0, 0.1) is 5.82 Å². The standard InChI is InChI=1S/C15H22ClFN2/c16-13-9-11(7-8-14(13)17)15(10-18)19-12-5-3-1-2-4-6-12/h7-9,12,15,19H,1-6,10,18H2. The summed E-state index contributed by atoms with van der Waals surface area (Å²) in [7, 11) is 0. The molecule has 106 valence electrons. The molecule has 0 saturated heterocycles. The second-order valence-corrected chi connectivity index (χ2v) is 5.72. The van der Waals surface area contributed by atoms with Crippen molar-refractivity contribution in [3.63, 3.8) is 0 Å². The van der Waals surface area contributed by atoms with Gasteiger partial charge in [0.05, 0.1) is 5.02 Å². The van der Waals surface area contributed by atoms with Crippen LogP contribution in [-0.4, -0.2) is 12.6 Å². The van der Waals surface area contributed by atoms with E-state index in [1.54, 1.807) is 12.1 Å². The molecule has 2 nitrogen and oxygen atoms in total. The first-order valence-electron chi connectivity index (χ1n) is 7.12. The number of benzene rings is 1. The van der Waals surface area contributed by atoms with Crippen molar-refractivity contribution in [2.75, 3.05) is 6.54 Å². The molecule has 1 unspecified atom stereocenters. The second kappa shape index (κ2) is 7.22. The Morgan fingerprint density at radius 1 is 1.26 bits per heavy atom. The Labute approximate surface area is 119 Å². The molecule has 1 saturated carbocycles. The van der Waals surface area contributed by atoms with Crippen molar-refractivity contribution >= 4 is 11.6 Å². The summed E-state index contributed by atoms with van der Waals surface area (Å²) in [5.74, 6) is -0.379. The Hall–Kier alpha value is -0.640. The van der Waals surface area contributed by atoms with Crippen LogP contribution < -0.4 is 11.1 Å². The van der Waals surface area contributed by atoms with Gasteiger partial charge < -0.3 is 11.1 Å². The number of rotatable bonds is 4. The summed E-state index contributed by atoms with van der Waals surface area (Å²) in [5.41, 5.74) is 6.82. The smallest absolute Gasteiger partial charge is 0.141 e. The van der Waals surface area contributed by atoms with Crippen LogP contribution in [0.3, 0.4) is 0 Å². The molecule has 1 aromatic carbocycles. The normalized spacial score (nSPS) is 19.1. The average Bonchev–Trinajstić information content (AvgIpc) is 2.68. The van der Waals surface area contributed by atoms with E-state index in [0.717, 1.165) is 5.56 Å². The van der Waals surface area contributed by atoms with Gasteiger partial charge in [0, 0.05) is 18.6 Å². The van der Waals surface area contributed by atoms with Crippen LogP contribution in [0.4, 0.5) is 4.39 Å². The van der Waals surface area contributed by atoms with Crippen LogP contribution in [-0.2, 0) is 0 Å². The van der Waals surface area contributed by atoms with Crippen LogP contribution >= 0.6 is 11.6 Å². The van der Waals surface area contributed by atoms with Gasteiger partial charge in [0.1, 0.15) is 5.82 Å². The van der Waals surface area contributed by atoms with E-state index < -0.39 is 0 Å². The van der Waals surface area contributed by atoms with Gasteiger partial charge in [-0.1, -0.05) is 43.4 Å². The molecule has 1 aliphatic carbocycles. The lowest BCUT2D eigenvalue weighted by Crippen LogP contribution is -2.36. The van der Waals surface area contributed by atoms with Gasteiger partial charge in [0.15, 0.2) is 0 Å². The van der Waals surface area contributed by atoms with Crippen LogP contribution in [0.15, 0.2) is 18.2 Å². The van der Waals surface area contributed by atoms with Crippen LogP contribution in [0.5, 0.6) is 0 Å². The van der Waals surface area contributed by atoms with Crippen molar-refractivity contribution in [1.82, 2.24) is 5.32 Å². The lowest BCUT2D eigenvalue weighted by molar-refractivity contribution is 0.402. The van der Waals surface area contributed by atoms with Crippen molar-refractivity contribution < 1.29 is 4.39 Å². The molecule has 0 bridgehead atoms. The topological polar surface area (TPSA) is 38.0 Å². The summed E-state index contributed by atoms with van der Waals surface area (Å²) < 4.78 is 13.2. The van der Waals surface area contributed by atoms with Crippen molar-refractivity contribution in [3.8, 4) is 0 Å². The monoisotopic (exact) mass is 284 g/mol. The minimum Gasteiger partial charge on any atom is -0.329 e. The quantitative estimate of drug-likeness (QED) is 0.826. The highest BCUT2D eigenvalue weighted by Gasteiger charge is 2.18. The van der Waals surface area contributed by atoms with Gasteiger partial charge in [-0.25, -0.2) is 4.39 Å². The van der Waals surface area contributed by atoms with Gasteiger partial charge in [-0.15, -0.1) is 0 Å². The summed E-state index contributed by atoms with van der Waals surface area (Å²) in [5, 5.41) is 3.77. The Balaban J connectivity index is 2.03. The minimum absolute atomic E-state index is 0.0567. The zero-order valence-corrected chi connectivity index (χ0v) is 11.9. The third kappa shape index (κ3) is 4.16. The second-order valence-electron chi connectivity index (χ2n) is 5.32. The van der Waals surface area contributed by atoms with Crippen molar-refractivity contribution in [2.45, 2.75) is 50.6 Å². The Morgan fingerprint density at radius 2 is 1.95 bits per heavy atom. The van der Waals surface area contributed by atoms with E-state index in [2.05, 4.69) is 5.32 Å². The largest absolute Gasteiger partial charge is 0.329 e. The Morgan fingerprint density at radius 3 is 2.53 bits per heavy atom. The molecule has 0 spiro atoms. The third-order valence-corrected chi connectivity index (χ3v) is 4.16. The molecule has 0 aromatic heterocycles. The van der Waals surface area contributed by atoms with E-state index in [-0.39, 0.29) is 16.9 Å². The first-order chi connectivity index (χ1) is 9.20. The molecule has 1 aliphatic rings. The third-order valence-electron chi connectivity index (χ3n) is 3.87. The highest BCUT2D eigenvalue weighted by Crippen LogP contribution is 2.23. The zero-order chi connectivity index (χ0) is 13.7. The van der Waals surface area contributed by atoms with Crippen molar-refractivity contribution in [3.05, 3.63) is 34.6 Å². The van der Waals surface area contributed by atoms with E-state index in [4.69, 9.17) is 17.3 Å². The van der Waals surface area contributed by atoms with Crippen LogP contribution in [0.2, 0.25) is 5.02 Å². The molecule has 1 atom stereocenters. The van der Waals surface area contributed by atoms with Gasteiger partial charge >= 0.3 is 0 Å².